The minimum absolute atomic E-state index is 0.0742. The second-order valence-electron chi connectivity index (χ2n) is 6.45. The van der Waals surface area contributed by atoms with Gasteiger partial charge >= 0.3 is 6.03 Å². The lowest BCUT2D eigenvalue weighted by atomic mass is 9.89. The fraction of sp³-hybridized carbons (Fsp3) is 0.579. The molecule has 1 heterocycles. The summed E-state index contributed by atoms with van der Waals surface area (Å²) in [5.41, 5.74) is 0.622. The largest absolute Gasteiger partial charge is 0.378 e. The van der Waals surface area contributed by atoms with E-state index >= 15 is 0 Å². The van der Waals surface area contributed by atoms with Gasteiger partial charge < -0.3 is 15.4 Å². The summed E-state index contributed by atoms with van der Waals surface area (Å²) in [4.78, 5) is 12.1. The number of hydrogen-bond acceptors (Lipinski definition) is 3. The van der Waals surface area contributed by atoms with E-state index in [2.05, 4.69) is 24.5 Å². The molecule has 2 atom stereocenters. The van der Waals surface area contributed by atoms with Gasteiger partial charge in [-0.1, -0.05) is 32.8 Å². The summed E-state index contributed by atoms with van der Waals surface area (Å²) in [7, 11) is 0. The fourth-order valence-electron chi connectivity index (χ4n) is 3.27. The van der Waals surface area contributed by atoms with Crippen molar-refractivity contribution in [2.24, 2.45) is 5.92 Å². The molecule has 0 radical (unpaired) electrons. The molecule has 6 heteroatoms. The number of carbonyl (C=O) groups is 1. The third-order valence-electron chi connectivity index (χ3n) is 4.85. The first-order valence-electron chi connectivity index (χ1n) is 8.91. The van der Waals surface area contributed by atoms with E-state index in [1.807, 2.05) is 6.07 Å². The van der Waals surface area contributed by atoms with Crippen molar-refractivity contribution in [2.75, 3.05) is 6.61 Å². The zero-order chi connectivity index (χ0) is 18.2. The highest BCUT2D eigenvalue weighted by atomic mass is 19.1. The van der Waals surface area contributed by atoms with Crippen molar-refractivity contribution in [3.05, 3.63) is 35.1 Å². The number of rotatable bonds is 6. The number of ether oxygens (including phenoxy) is 1. The Morgan fingerprint density at radius 1 is 1.44 bits per heavy atom. The molecular formula is C19H26FN3O2. The molecule has 5 nitrogen and oxygen atoms in total. The minimum atomic E-state index is -0.487. The van der Waals surface area contributed by atoms with E-state index in [1.54, 1.807) is 0 Å². The molecule has 1 aliphatic heterocycles. The maximum Gasteiger partial charge on any atom is 0.315 e. The van der Waals surface area contributed by atoms with Gasteiger partial charge in [-0.2, -0.15) is 5.26 Å². The molecule has 1 saturated heterocycles. The van der Waals surface area contributed by atoms with Gasteiger partial charge in [-0.15, -0.1) is 0 Å². The topological polar surface area (TPSA) is 74.2 Å². The van der Waals surface area contributed by atoms with Crippen molar-refractivity contribution in [3.63, 3.8) is 0 Å². The summed E-state index contributed by atoms with van der Waals surface area (Å²) < 4.78 is 19.7. The fourth-order valence-corrected chi connectivity index (χ4v) is 3.27. The van der Waals surface area contributed by atoms with Crippen LogP contribution in [0.2, 0.25) is 0 Å². The lowest BCUT2D eigenvalue weighted by molar-refractivity contribution is -0.0331. The van der Waals surface area contributed by atoms with Gasteiger partial charge in [0.1, 0.15) is 5.82 Å². The van der Waals surface area contributed by atoms with Crippen LogP contribution in [0.5, 0.6) is 0 Å². The molecule has 1 aliphatic rings. The Morgan fingerprint density at radius 2 is 2.20 bits per heavy atom. The Kier molecular flexibility index (Phi) is 7.20. The smallest absolute Gasteiger partial charge is 0.315 e. The summed E-state index contributed by atoms with van der Waals surface area (Å²) in [6.45, 7) is 5.06. The number of nitriles is 1. The minimum Gasteiger partial charge on any atom is -0.378 e. The molecule has 1 aromatic rings. The Hall–Kier alpha value is -2.13. The number of benzene rings is 1. The predicted molar refractivity (Wildman–Crippen MR) is 93.3 cm³/mol. The summed E-state index contributed by atoms with van der Waals surface area (Å²) >= 11 is 0. The van der Waals surface area contributed by atoms with Gasteiger partial charge in [0.25, 0.3) is 0 Å². The normalized spacial score (nSPS) is 20.1. The van der Waals surface area contributed by atoms with Gasteiger partial charge in [0, 0.05) is 24.8 Å². The van der Waals surface area contributed by atoms with Gasteiger partial charge in [-0.05, 0) is 30.9 Å². The first-order chi connectivity index (χ1) is 12.1. The van der Waals surface area contributed by atoms with Crippen LogP contribution in [-0.2, 0) is 11.3 Å². The van der Waals surface area contributed by atoms with Gasteiger partial charge in [-0.3, -0.25) is 0 Å². The lowest BCUT2D eigenvalue weighted by Gasteiger charge is -2.34. The van der Waals surface area contributed by atoms with E-state index in [4.69, 9.17) is 10.00 Å². The van der Waals surface area contributed by atoms with Crippen LogP contribution < -0.4 is 10.6 Å². The van der Waals surface area contributed by atoms with Crippen molar-refractivity contribution < 1.29 is 13.9 Å². The van der Waals surface area contributed by atoms with E-state index in [0.717, 1.165) is 25.7 Å². The molecule has 0 aromatic heterocycles. The lowest BCUT2D eigenvalue weighted by Crippen LogP contribution is -2.47. The SMILES string of the molecule is CCC(CC)[C@@H]1C[C@H](NC(=O)NCc2ccc(C#N)cc2F)CCO1. The zero-order valence-electron chi connectivity index (χ0n) is 14.8. The first-order valence-corrected chi connectivity index (χ1v) is 8.91. The Morgan fingerprint density at radius 3 is 2.84 bits per heavy atom. The maximum absolute atomic E-state index is 13.8. The monoisotopic (exact) mass is 347 g/mol. The third-order valence-corrected chi connectivity index (χ3v) is 4.85. The maximum atomic E-state index is 13.8. The highest BCUT2D eigenvalue weighted by molar-refractivity contribution is 5.74. The highest BCUT2D eigenvalue weighted by Gasteiger charge is 2.28. The molecule has 2 amide bonds. The summed E-state index contributed by atoms with van der Waals surface area (Å²) in [5.74, 6) is 0.0274. The number of carbonyl (C=O) groups excluding carboxylic acids is 1. The van der Waals surface area contributed by atoms with Gasteiger partial charge in [0.05, 0.1) is 17.7 Å². The Bertz CT molecular complexity index is 626. The van der Waals surface area contributed by atoms with Crippen molar-refractivity contribution >= 4 is 6.03 Å². The molecule has 136 valence electrons. The Labute approximate surface area is 148 Å². The second-order valence-corrected chi connectivity index (χ2v) is 6.45. The molecule has 1 fully saturated rings. The molecule has 2 N–H and O–H groups in total. The molecule has 0 saturated carbocycles. The highest BCUT2D eigenvalue weighted by Crippen LogP contribution is 2.25. The average molecular weight is 347 g/mol. The molecular weight excluding hydrogens is 321 g/mol. The van der Waals surface area contributed by atoms with E-state index < -0.39 is 5.82 Å². The number of urea groups is 1. The van der Waals surface area contributed by atoms with E-state index in [9.17, 15) is 9.18 Å². The van der Waals surface area contributed by atoms with Crippen LogP contribution in [0.1, 0.15) is 50.7 Å². The second kappa shape index (κ2) is 9.38. The van der Waals surface area contributed by atoms with Crippen molar-refractivity contribution in [2.45, 2.75) is 58.2 Å². The molecule has 25 heavy (non-hydrogen) atoms. The predicted octanol–water partition coefficient (Wildman–Crippen LogP) is 3.48. The number of nitrogens with one attached hydrogen (secondary N) is 2. The first kappa shape index (κ1) is 19.2. The van der Waals surface area contributed by atoms with Crippen molar-refractivity contribution in [3.8, 4) is 6.07 Å². The standard InChI is InChI=1S/C19H26FN3O2/c1-3-14(4-2)18-10-16(7-8-25-18)23-19(24)22-12-15-6-5-13(11-21)9-17(15)20/h5-6,9,14,16,18H,3-4,7-8,10,12H2,1-2H3,(H2,22,23,24)/t16-,18+/m1/s1. The van der Waals surface area contributed by atoms with Crippen molar-refractivity contribution in [1.82, 2.24) is 10.6 Å². The molecule has 0 unspecified atom stereocenters. The number of nitrogens with zero attached hydrogens (tertiary/aromatic N) is 1. The van der Waals surface area contributed by atoms with Crippen LogP contribution in [0.4, 0.5) is 9.18 Å². The molecule has 0 bridgehead atoms. The van der Waals surface area contributed by atoms with Crippen LogP contribution in [0.25, 0.3) is 0 Å². The van der Waals surface area contributed by atoms with Crippen LogP contribution >= 0.6 is 0 Å². The molecule has 2 rings (SSSR count). The van der Waals surface area contributed by atoms with E-state index in [1.165, 1.54) is 18.2 Å². The van der Waals surface area contributed by atoms with Crippen LogP contribution in [0, 0.1) is 23.1 Å². The third kappa shape index (κ3) is 5.43. The number of amides is 2. The quantitative estimate of drug-likeness (QED) is 0.827. The molecule has 1 aromatic carbocycles. The number of hydrogen-bond donors (Lipinski definition) is 2. The number of halogens is 1. The van der Waals surface area contributed by atoms with Gasteiger partial charge in [0.15, 0.2) is 0 Å². The summed E-state index contributed by atoms with van der Waals surface area (Å²) in [5, 5.41) is 14.4. The molecule has 0 aliphatic carbocycles. The molecule has 0 spiro atoms. The van der Waals surface area contributed by atoms with Gasteiger partial charge in [-0.25, -0.2) is 9.18 Å². The van der Waals surface area contributed by atoms with Crippen molar-refractivity contribution in [1.29, 1.82) is 5.26 Å². The van der Waals surface area contributed by atoms with Crippen LogP contribution in [0.3, 0.4) is 0 Å². The summed E-state index contributed by atoms with van der Waals surface area (Å²) in [6, 6.07) is 5.89. The average Bonchev–Trinajstić information content (AvgIpc) is 2.62. The summed E-state index contributed by atoms with van der Waals surface area (Å²) in [6.07, 6.45) is 3.92. The Balaban J connectivity index is 1.83. The van der Waals surface area contributed by atoms with Crippen LogP contribution in [0.15, 0.2) is 18.2 Å². The van der Waals surface area contributed by atoms with E-state index in [0.29, 0.717) is 18.1 Å². The van der Waals surface area contributed by atoms with E-state index in [-0.39, 0.29) is 30.3 Å². The van der Waals surface area contributed by atoms with Crippen LogP contribution in [-0.4, -0.2) is 24.8 Å². The van der Waals surface area contributed by atoms with Gasteiger partial charge in [0.2, 0.25) is 0 Å². The zero-order valence-corrected chi connectivity index (χ0v) is 14.8.